The van der Waals surface area contributed by atoms with Crippen molar-refractivity contribution in [3.05, 3.63) is 53.9 Å². The van der Waals surface area contributed by atoms with Gasteiger partial charge in [-0.3, -0.25) is 14.5 Å². The van der Waals surface area contributed by atoms with Crippen molar-refractivity contribution in [1.29, 1.82) is 0 Å². The second kappa shape index (κ2) is 7.73. The van der Waals surface area contributed by atoms with Crippen LogP contribution in [0.5, 0.6) is 5.75 Å². The van der Waals surface area contributed by atoms with Gasteiger partial charge in [-0.2, -0.15) is 5.10 Å². The Hall–Kier alpha value is -4.21. The van der Waals surface area contributed by atoms with Gasteiger partial charge in [-0.1, -0.05) is 0 Å². The summed E-state index contributed by atoms with van der Waals surface area (Å²) in [4.78, 5) is 22.2. The first kappa shape index (κ1) is 20.7. The number of hydrogen-bond donors (Lipinski definition) is 3. The van der Waals surface area contributed by atoms with E-state index in [1.54, 1.807) is 36.5 Å². The second-order valence-corrected chi connectivity index (χ2v) is 8.12. The third-order valence-electron chi connectivity index (χ3n) is 6.00. The van der Waals surface area contributed by atoms with Gasteiger partial charge >= 0.3 is 0 Å². The smallest absolute Gasteiger partial charge is 0.244 e. The molecule has 0 aliphatic carbocycles. The summed E-state index contributed by atoms with van der Waals surface area (Å²) >= 11 is 0. The first-order chi connectivity index (χ1) is 15.8. The van der Waals surface area contributed by atoms with E-state index in [-0.39, 0.29) is 29.7 Å². The molecule has 1 aromatic carbocycles. The lowest BCUT2D eigenvalue weighted by atomic mass is 9.98. The van der Waals surface area contributed by atoms with Crippen LogP contribution in [0.15, 0.2) is 36.8 Å². The Morgan fingerprint density at radius 2 is 2.06 bits per heavy atom. The van der Waals surface area contributed by atoms with Crippen molar-refractivity contribution >= 4 is 34.0 Å². The predicted molar refractivity (Wildman–Crippen MR) is 123 cm³/mol. The van der Waals surface area contributed by atoms with Gasteiger partial charge in [0.1, 0.15) is 12.4 Å². The largest absolute Gasteiger partial charge is 0.503 e. The molecule has 4 heterocycles. The number of hydrogen-bond acceptors (Lipinski definition) is 7. The molecule has 1 aliphatic rings. The van der Waals surface area contributed by atoms with Crippen molar-refractivity contribution < 1.29 is 14.3 Å². The number of aromatic nitrogens is 4. The lowest BCUT2D eigenvalue weighted by molar-refractivity contribution is -0.130. The summed E-state index contributed by atoms with van der Waals surface area (Å²) in [6.45, 7) is 2.42. The van der Waals surface area contributed by atoms with Gasteiger partial charge in [0.05, 0.1) is 11.4 Å². The molecule has 1 aliphatic heterocycles. The topological polar surface area (TPSA) is 122 Å². The Labute approximate surface area is 188 Å². The monoisotopic (exact) mass is 447 g/mol. The van der Waals surface area contributed by atoms with Crippen LogP contribution >= 0.6 is 0 Å². The van der Waals surface area contributed by atoms with E-state index in [0.717, 1.165) is 5.56 Å². The van der Waals surface area contributed by atoms with Gasteiger partial charge in [0.2, 0.25) is 5.91 Å². The third kappa shape index (κ3) is 3.49. The van der Waals surface area contributed by atoms with Crippen molar-refractivity contribution in [3.8, 4) is 16.9 Å². The predicted octanol–water partition coefficient (Wildman–Crippen LogP) is 2.99. The van der Waals surface area contributed by atoms with Crippen LogP contribution in [0, 0.1) is 12.7 Å². The first-order valence-electron chi connectivity index (χ1n) is 10.4. The van der Waals surface area contributed by atoms with E-state index in [0.29, 0.717) is 46.4 Å². The number of likely N-dealkylation sites (N-methyl/N-ethyl adjacent to an activating group) is 1. The van der Waals surface area contributed by atoms with Crippen LogP contribution in [0.4, 0.5) is 21.7 Å². The number of anilines is 3. The minimum atomic E-state index is -0.522. The number of aromatic hydroxyl groups is 1. The summed E-state index contributed by atoms with van der Waals surface area (Å²) in [6.07, 6.45) is 5.22. The third-order valence-corrected chi connectivity index (χ3v) is 6.00. The molecular weight excluding hydrogens is 425 g/mol. The molecule has 1 amide bonds. The van der Waals surface area contributed by atoms with E-state index >= 15 is 4.39 Å². The molecule has 9 nitrogen and oxygen atoms in total. The average molecular weight is 447 g/mol. The molecule has 0 saturated heterocycles. The van der Waals surface area contributed by atoms with Crippen LogP contribution < -0.4 is 11.1 Å². The standard InChI is InChI=1S/C23H22FN7O2/c1-12-3-5-26-9-15(12)14-7-13-8-18(27-10-16(13)21(25)20(14)24)28-23-22(33)17-4-6-30(2)19(32)11-31(17)29-23/h3,5,7-10,33H,4,6,11,25H2,1-2H3,(H,27,28,29). The Kier molecular flexibility index (Phi) is 4.85. The fourth-order valence-electron chi connectivity index (χ4n) is 4.03. The number of halogens is 1. The molecule has 4 aromatic rings. The average Bonchev–Trinajstić information content (AvgIpc) is 3.00. The molecule has 0 atom stereocenters. The highest BCUT2D eigenvalue weighted by Gasteiger charge is 2.24. The molecule has 0 saturated carbocycles. The Balaban J connectivity index is 1.54. The summed E-state index contributed by atoms with van der Waals surface area (Å²) in [6, 6.07) is 5.22. The molecule has 10 heteroatoms. The van der Waals surface area contributed by atoms with E-state index in [2.05, 4.69) is 20.4 Å². The van der Waals surface area contributed by atoms with Gasteiger partial charge in [-0.25, -0.2) is 9.37 Å². The van der Waals surface area contributed by atoms with Gasteiger partial charge in [0.25, 0.3) is 0 Å². The van der Waals surface area contributed by atoms with Crippen molar-refractivity contribution in [3.63, 3.8) is 0 Å². The maximum atomic E-state index is 15.0. The fourth-order valence-corrected chi connectivity index (χ4v) is 4.03. The molecular formula is C23H22FN7O2. The van der Waals surface area contributed by atoms with Crippen molar-refractivity contribution in [2.45, 2.75) is 19.9 Å². The molecule has 5 rings (SSSR count). The normalized spacial score (nSPS) is 13.8. The quantitative estimate of drug-likeness (QED) is 0.413. The zero-order valence-corrected chi connectivity index (χ0v) is 18.1. The summed E-state index contributed by atoms with van der Waals surface area (Å²) in [5.41, 5.74) is 8.55. The van der Waals surface area contributed by atoms with E-state index in [9.17, 15) is 9.90 Å². The maximum absolute atomic E-state index is 15.0. The highest BCUT2D eigenvalue weighted by Crippen LogP contribution is 2.36. The molecule has 33 heavy (non-hydrogen) atoms. The Morgan fingerprint density at radius 3 is 2.85 bits per heavy atom. The number of aryl methyl sites for hydroxylation is 1. The van der Waals surface area contributed by atoms with Crippen molar-refractivity contribution in [2.24, 2.45) is 0 Å². The number of nitrogens with two attached hydrogens (primary N) is 1. The SMILES string of the molecule is Cc1ccncc1-c1cc2cc(Nc3nn4c(c3O)CCN(C)C(=O)C4)ncc2c(N)c1F. The Bertz CT molecular complexity index is 1420. The second-order valence-electron chi connectivity index (χ2n) is 8.12. The van der Waals surface area contributed by atoms with E-state index in [4.69, 9.17) is 5.73 Å². The number of benzene rings is 1. The van der Waals surface area contributed by atoms with Gasteiger partial charge < -0.3 is 21.1 Å². The zero-order valence-electron chi connectivity index (χ0n) is 18.1. The van der Waals surface area contributed by atoms with E-state index in [1.165, 1.54) is 10.9 Å². The Morgan fingerprint density at radius 1 is 1.24 bits per heavy atom. The number of nitrogens with zero attached hydrogens (tertiary/aromatic N) is 5. The fraction of sp³-hybridized carbons (Fsp3) is 0.217. The summed E-state index contributed by atoms with van der Waals surface area (Å²) in [5.74, 6) is -0.0270. The molecule has 4 N–H and O–H groups in total. The van der Waals surface area contributed by atoms with Crippen LogP contribution in [0.25, 0.3) is 21.9 Å². The zero-order chi connectivity index (χ0) is 23.3. The number of pyridine rings is 2. The molecule has 0 unspecified atom stereocenters. The number of nitrogens with one attached hydrogen (secondary N) is 1. The van der Waals surface area contributed by atoms with Crippen LogP contribution in [0.2, 0.25) is 0 Å². The minimum Gasteiger partial charge on any atom is -0.503 e. The molecule has 0 bridgehead atoms. The van der Waals surface area contributed by atoms with Crippen LogP contribution in [-0.4, -0.2) is 49.3 Å². The van der Waals surface area contributed by atoms with Crippen molar-refractivity contribution in [1.82, 2.24) is 24.6 Å². The lowest BCUT2D eigenvalue weighted by Gasteiger charge is -2.13. The van der Waals surface area contributed by atoms with Crippen LogP contribution in [0.3, 0.4) is 0 Å². The molecule has 0 fully saturated rings. The molecule has 0 radical (unpaired) electrons. The number of fused-ring (bicyclic) bond motifs is 2. The number of carbonyl (C=O) groups excluding carboxylic acids is 1. The maximum Gasteiger partial charge on any atom is 0.244 e. The molecule has 0 spiro atoms. The number of amides is 1. The minimum absolute atomic E-state index is 0.00369. The van der Waals surface area contributed by atoms with Gasteiger partial charge in [0, 0.05) is 55.1 Å². The lowest BCUT2D eigenvalue weighted by Crippen LogP contribution is -2.29. The highest BCUT2D eigenvalue weighted by atomic mass is 19.1. The highest BCUT2D eigenvalue weighted by molar-refractivity contribution is 5.98. The number of rotatable bonds is 3. The van der Waals surface area contributed by atoms with Gasteiger partial charge in [-0.05, 0) is 36.1 Å². The van der Waals surface area contributed by atoms with Gasteiger partial charge in [0.15, 0.2) is 17.4 Å². The number of nitrogen functional groups attached to an aromatic ring is 1. The van der Waals surface area contributed by atoms with E-state index in [1.807, 2.05) is 13.0 Å². The summed E-state index contributed by atoms with van der Waals surface area (Å²) in [7, 11) is 1.72. The van der Waals surface area contributed by atoms with Crippen LogP contribution in [-0.2, 0) is 17.8 Å². The van der Waals surface area contributed by atoms with Gasteiger partial charge in [-0.15, -0.1) is 0 Å². The molecule has 168 valence electrons. The summed E-state index contributed by atoms with van der Waals surface area (Å²) in [5, 5.41) is 19.2. The number of carbonyl (C=O) groups is 1. The first-order valence-corrected chi connectivity index (χ1v) is 10.4. The van der Waals surface area contributed by atoms with E-state index < -0.39 is 5.82 Å². The molecule has 3 aromatic heterocycles. The summed E-state index contributed by atoms with van der Waals surface area (Å²) < 4.78 is 16.5. The van der Waals surface area contributed by atoms with Crippen LogP contribution in [0.1, 0.15) is 11.3 Å². The van der Waals surface area contributed by atoms with Crippen molar-refractivity contribution in [2.75, 3.05) is 24.6 Å².